The Kier molecular flexibility index (Phi) is 6.46. The number of halogens is 1. The molecule has 4 rings (SSSR count). The van der Waals surface area contributed by atoms with Gasteiger partial charge in [-0.1, -0.05) is 35.9 Å². The molecule has 32 heavy (non-hydrogen) atoms. The second-order valence-electron chi connectivity index (χ2n) is 7.57. The van der Waals surface area contributed by atoms with E-state index in [1.807, 2.05) is 63.2 Å². The average Bonchev–Trinajstić information content (AvgIpc) is 3.25. The molecule has 0 atom stereocenters. The quantitative estimate of drug-likeness (QED) is 0.501. The largest absolute Gasteiger partial charge is 0.490 e. The number of hydrogen-bond acceptors (Lipinski definition) is 6. The highest BCUT2D eigenvalue weighted by Gasteiger charge is 2.27. The summed E-state index contributed by atoms with van der Waals surface area (Å²) in [6, 6.07) is 12.8. The van der Waals surface area contributed by atoms with Crippen molar-refractivity contribution in [2.45, 2.75) is 33.4 Å². The van der Waals surface area contributed by atoms with E-state index in [0.29, 0.717) is 46.0 Å². The lowest BCUT2D eigenvalue weighted by Gasteiger charge is -2.28. The Morgan fingerprint density at radius 1 is 1.19 bits per heavy atom. The minimum absolute atomic E-state index is 0.0878. The topological polar surface area (TPSA) is 77.7 Å². The van der Waals surface area contributed by atoms with Crippen LogP contribution in [0.2, 0.25) is 5.02 Å². The Balaban J connectivity index is 1.56. The van der Waals surface area contributed by atoms with Crippen LogP contribution in [0, 0.1) is 0 Å². The zero-order valence-corrected chi connectivity index (χ0v) is 18.9. The van der Waals surface area contributed by atoms with Crippen LogP contribution in [0.4, 0.5) is 0 Å². The van der Waals surface area contributed by atoms with Crippen molar-refractivity contribution in [2.75, 3.05) is 13.2 Å². The van der Waals surface area contributed by atoms with Gasteiger partial charge in [0.1, 0.15) is 6.61 Å². The fraction of sp³-hybridized carbons (Fsp3) is 0.292. The molecule has 0 spiro atoms. The lowest BCUT2D eigenvalue weighted by molar-refractivity contribution is -0.130. The van der Waals surface area contributed by atoms with Crippen LogP contribution in [-0.4, -0.2) is 40.3 Å². The number of carbonyl (C=O) groups excluding carboxylic acids is 1. The summed E-state index contributed by atoms with van der Waals surface area (Å²) >= 11 is 6.23. The molecule has 1 aromatic heterocycles. The van der Waals surface area contributed by atoms with Crippen LogP contribution in [0.15, 0.2) is 52.5 Å². The zero-order valence-electron chi connectivity index (χ0n) is 18.2. The highest BCUT2D eigenvalue weighted by atomic mass is 35.5. The Morgan fingerprint density at radius 3 is 2.75 bits per heavy atom. The Labute approximate surface area is 191 Å². The summed E-state index contributed by atoms with van der Waals surface area (Å²) in [5, 5.41) is 8.73. The summed E-state index contributed by atoms with van der Waals surface area (Å²) in [5.41, 5.74) is 2.01. The van der Waals surface area contributed by atoms with Crippen LogP contribution in [0.3, 0.4) is 0 Å². The van der Waals surface area contributed by atoms with Crippen molar-refractivity contribution < 1.29 is 18.7 Å². The van der Waals surface area contributed by atoms with Gasteiger partial charge in [-0.15, -0.1) is 10.2 Å². The maximum absolute atomic E-state index is 13.3. The Hall–Kier alpha value is -3.32. The van der Waals surface area contributed by atoms with E-state index in [9.17, 15) is 4.79 Å². The van der Waals surface area contributed by atoms with E-state index in [2.05, 4.69) is 10.2 Å². The standard InChI is InChI=1S/C24H24ClN3O4/c1-4-30-20-11-7-8-16-12-17(14-31-22(16)20)24(29)28(15(2)3)13-21-26-27-23(32-21)18-9-5-6-10-19(18)25/h5-12,15H,4,13-14H2,1-3H3. The molecular formula is C24H24ClN3O4. The van der Waals surface area contributed by atoms with E-state index in [0.717, 1.165) is 5.56 Å². The lowest BCUT2D eigenvalue weighted by atomic mass is 10.1. The summed E-state index contributed by atoms with van der Waals surface area (Å²) in [6.45, 7) is 6.67. The van der Waals surface area contributed by atoms with Crippen molar-refractivity contribution in [3.63, 3.8) is 0 Å². The molecule has 2 aromatic carbocycles. The first-order chi connectivity index (χ1) is 15.5. The van der Waals surface area contributed by atoms with Crippen LogP contribution >= 0.6 is 11.6 Å². The molecular weight excluding hydrogens is 430 g/mol. The predicted octanol–water partition coefficient (Wildman–Crippen LogP) is 5.00. The molecule has 0 N–H and O–H groups in total. The molecule has 0 aliphatic carbocycles. The first kappa shape index (κ1) is 21.9. The van der Waals surface area contributed by atoms with Crippen LogP contribution < -0.4 is 9.47 Å². The van der Waals surface area contributed by atoms with Gasteiger partial charge in [0.2, 0.25) is 11.8 Å². The van der Waals surface area contributed by atoms with Crippen molar-refractivity contribution in [2.24, 2.45) is 0 Å². The summed E-state index contributed by atoms with van der Waals surface area (Å²) in [7, 11) is 0. The number of para-hydroxylation sites is 1. The SMILES string of the molecule is CCOc1cccc2c1OCC(C(=O)N(Cc1nnc(-c3ccccc3Cl)o1)C(C)C)=C2. The summed E-state index contributed by atoms with van der Waals surface area (Å²) in [5.74, 6) is 1.83. The zero-order chi connectivity index (χ0) is 22.7. The summed E-state index contributed by atoms with van der Waals surface area (Å²) in [6.07, 6.45) is 1.85. The normalized spacial score (nSPS) is 12.7. The molecule has 3 aromatic rings. The highest BCUT2D eigenvalue weighted by molar-refractivity contribution is 6.33. The number of benzene rings is 2. The molecule has 1 amide bonds. The molecule has 0 saturated heterocycles. The summed E-state index contributed by atoms with van der Waals surface area (Å²) in [4.78, 5) is 15.0. The summed E-state index contributed by atoms with van der Waals surface area (Å²) < 4.78 is 17.3. The third kappa shape index (κ3) is 4.48. The van der Waals surface area contributed by atoms with E-state index in [-0.39, 0.29) is 25.1 Å². The van der Waals surface area contributed by atoms with E-state index in [1.165, 1.54) is 0 Å². The number of aromatic nitrogens is 2. The van der Waals surface area contributed by atoms with E-state index >= 15 is 0 Å². The predicted molar refractivity (Wildman–Crippen MR) is 122 cm³/mol. The lowest BCUT2D eigenvalue weighted by Crippen LogP contribution is -2.39. The van der Waals surface area contributed by atoms with Gasteiger partial charge in [0.15, 0.2) is 11.5 Å². The van der Waals surface area contributed by atoms with Crippen LogP contribution in [-0.2, 0) is 11.3 Å². The molecule has 8 heteroatoms. The third-order valence-electron chi connectivity index (χ3n) is 5.05. The van der Waals surface area contributed by atoms with Gasteiger partial charge < -0.3 is 18.8 Å². The second-order valence-corrected chi connectivity index (χ2v) is 7.98. The third-order valence-corrected chi connectivity index (χ3v) is 5.38. The van der Waals surface area contributed by atoms with Gasteiger partial charge >= 0.3 is 0 Å². The first-order valence-corrected chi connectivity index (χ1v) is 10.8. The fourth-order valence-electron chi connectivity index (χ4n) is 3.45. The monoisotopic (exact) mass is 453 g/mol. The maximum Gasteiger partial charge on any atom is 0.253 e. The Morgan fingerprint density at radius 2 is 2.00 bits per heavy atom. The molecule has 1 aliphatic rings. The van der Waals surface area contributed by atoms with Gasteiger partial charge in [0, 0.05) is 11.6 Å². The van der Waals surface area contributed by atoms with Crippen LogP contribution in [0.25, 0.3) is 17.5 Å². The number of amides is 1. The van der Waals surface area contributed by atoms with E-state index in [1.54, 1.807) is 11.0 Å². The van der Waals surface area contributed by atoms with E-state index in [4.69, 9.17) is 25.5 Å². The van der Waals surface area contributed by atoms with Crippen molar-refractivity contribution >= 4 is 23.6 Å². The van der Waals surface area contributed by atoms with Gasteiger partial charge in [0.05, 0.1) is 29.3 Å². The molecule has 166 valence electrons. The van der Waals surface area contributed by atoms with Gasteiger partial charge in [-0.2, -0.15) is 0 Å². The van der Waals surface area contributed by atoms with Crippen LogP contribution in [0.1, 0.15) is 32.2 Å². The van der Waals surface area contributed by atoms with E-state index < -0.39 is 0 Å². The van der Waals surface area contributed by atoms with Gasteiger partial charge in [-0.3, -0.25) is 4.79 Å². The number of hydrogen-bond donors (Lipinski definition) is 0. The Bertz CT molecular complexity index is 1160. The molecule has 0 unspecified atom stereocenters. The maximum atomic E-state index is 13.3. The van der Waals surface area contributed by atoms with Gasteiger partial charge in [-0.25, -0.2) is 0 Å². The van der Waals surface area contributed by atoms with Crippen molar-refractivity contribution in [3.05, 3.63) is 64.5 Å². The smallest absolute Gasteiger partial charge is 0.253 e. The number of carbonyl (C=O) groups is 1. The minimum atomic E-state index is -0.148. The molecule has 0 bridgehead atoms. The highest BCUT2D eigenvalue weighted by Crippen LogP contribution is 2.36. The van der Waals surface area contributed by atoms with Gasteiger partial charge in [0.25, 0.3) is 5.91 Å². The first-order valence-electron chi connectivity index (χ1n) is 10.4. The fourth-order valence-corrected chi connectivity index (χ4v) is 3.67. The number of nitrogens with zero attached hydrogens (tertiary/aromatic N) is 3. The van der Waals surface area contributed by atoms with Gasteiger partial charge in [-0.05, 0) is 45.0 Å². The average molecular weight is 454 g/mol. The molecule has 7 nitrogen and oxygen atoms in total. The molecule has 0 saturated carbocycles. The molecule has 0 radical (unpaired) electrons. The molecule has 1 aliphatic heterocycles. The second kappa shape index (κ2) is 9.44. The minimum Gasteiger partial charge on any atom is -0.490 e. The number of rotatable bonds is 7. The van der Waals surface area contributed by atoms with Crippen LogP contribution in [0.5, 0.6) is 11.5 Å². The molecule has 2 heterocycles. The molecule has 0 fully saturated rings. The van der Waals surface area contributed by atoms with Crippen molar-refractivity contribution in [1.29, 1.82) is 0 Å². The number of fused-ring (bicyclic) bond motifs is 1. The number of ether oxygens (including phenoxy) is 2. The van der Waals surface area contributed by atoms with Crippen molar-refractivity contribution in [1.82, 2.24) is 15.1 Å². The van der Waals surface area contributed by atoms with Crippen molar-refractivity contribution in [3.8, 4) is 23.0 Å².